The van der Waals surface area contributed by atoms with Crippen LogP contribution in [-0.2, 0) is 37.4 Å². The molecule has 39 heavy (non-hydrogen) atoms. The maximum atomic E-state index is 13.7. The van der Waals surface area contributed by atoms with Gasteiger partial charge in [0, 0.05) is 29.3 Å². The number of furan rings is 1. The van der Waals surface area contributed by atoms with Gasteiger partial charge in [0.15, 0.2) is 0 Å². The minimum Gasteiger partial charge on any atom is -0.465 e. The van der Waals surface area contributed by atoms with E-state index in [1.54, 1.807) is 68.6 Å². The summed E-state index contributed by atoms with van der Waals surface area (Å²) in [5, 5.41) is 0.765. The first kappa shape index (κ1) is 28.6. The number of carbonyl (C=O) groups is 2. The van der Waals surface area contributed by atoms with E-state index in [1.165, 1.54) is 22.4 Å². The molecule has 0 spiro atoms. The second kappa shape index (κ2) is 11.4. The predicted molar refractivity (Wildman–Crippen MR) is 148 cm³/mol. The molecule has 3 aromatic rings. The second-order valence-electron chi connectivity index (χ2n) is 9.00. The molecule has 0 fully saturated rings. The topological polar surface area (TPSA) is 97.1 Å². The summed E-state index contributed by atoms with van der Waals surface area (Å²) >= 11 is 12.4. The number of methoxy groups -OCH3 is 1. The van der Waals surface area contributed by atoms with E-state index in [2.05, 4.69) is 0 Å². The fraction of sp³-hybridized carbons (Fsp3) is 0.214. The maximum Gasteiger partial charge on any atom is 0.340 e. The van der Waals surface area contributed by atoms with E-state index >= 15 is 0 Å². The zero-order valence-corrected chi connectivity index (χ0v) is 24.0. The predicted octanol–water partition coefficient (Wildman–Crippen LogP) is 5.59. The molecule has 0 saturated heterocycles. The molecule has 1 aromatic heterocycles. The maximum absolute atomic E-state index is 13.7. The lowest BCUT2D eigenvalue weighted by atomic mass is 10.1. The summed E-state index contributed by atoms with van der Waals surface area (Å²) < 4.78 is 39.4. The number of nitrogens with zero attached hydrogens (tertiary/aromatic N) is 2. The van der Waals surface area contributed by atoms with E-state index in [9.17, 15) is 18.0 Å². The van der Waals surface area contributed by atoms with E-state index < -0.39 is 16.0 Å². The minimum absolute atomic E-state index is 0.0406. The van der Waals surface area contributed by atoms with Crippen LogP contribution in [0.2, 0.25) is 10.0 Å². The summed E-state index contributed by atoms with van der Waals surface area (Å²) in [4.78, 5) is 26.6. The van der Waals surface area contributed by atoms with Gasteiger partial charge in [0.05, 0.1) is 29.7 Å². The highest BCUT2D eigenvalue weighted by molar-refractivity contribution is 7.89. The molecule has 0 unspecified atom stereocenters. The number of aryl methyl sites for hydroxylation is 1. The quantitative estimate of drug-likeness (QED) is 0.251. The lowest BCUT2D eigenvalue weighted by Gasteiger charge is -2.22. The molecule has 1 aliphatic heterocycles. The molecule has 0 aliphatic carbocycles. The number of hydrogen-bond donors (Lipinski definition) is 0. The molecular weight excluding hydrogens is 563 g/mol. The number of ether oxygens (including phenoxy) is 1. The lowest BCUT2D eigenvalue weighted by Crippen LogP contribution is -2.30. The molecule has 1 aliphatic rings. The largest absolute Gasteiger partial charge is 0.465 e. The van der Waals surface area contributed by atoms with Gasteiger partial charge in [0.1, 0.15) is 11.5 Å². The van der Waals surface area contributed by atoms with Gasteiger partial charge < -0.3 is 14.1 Å². The number of sulfonamides is 1. The highest BCUT2D eigenvalue weighted by atomic mass is 35.5. The number of halogens is 2. The number of carbonyl (C=O) groups excluding carboxylic acids is 2. The summed E-state index contributed by atoms with van der Waals surface area (Å²) in [6.07, 6.45) is 1.44. The van der Waals surface area contributed by atoms with E-state index in [0.717, 1.165) is 5.56 Å². The van der Waals surface area contributed by atoms with Crippen LogP contribution in [0.4, 0.5) is 0 Å². The number of amides is 1. The van der Waals surface area contributed by atoms with E-state index in [-0.39, 0.29) is 40.8 Å². The van der Waals surface area contributed by atoms with Crippen molar-refractivity contribution in [2.75, 3.05) is 14.2 Å². The highest BCUT2D eigenvalue weighted by Gasteiger charge is 2.35. The molecule has 1 amide bonds. The van der Waals surface area contributed by atoms with Gasteiger partial charge in [-0.25, -0.2) is 13.2 Å². The molecule has 0 radical (unpaired) electrons. The number of esters is 1. The van der Waals surface area contributed by atoms with Crippen molar-refractivity contribution in [3.8, 4) is 0 Å². The van der Waals surface area contributed by atoms with Crippen molar-refractivity contribution in [2.24, 2.45) is 0 Å². The molecule has 0 bridgehead atoms. The molecule has 204 valence electrons. The molecule has 0 N–H and O–H groups in total. The standard InChI is InChI=1S/C28H26Cl2N2O6S/c1-17-5-11-23(12-6-17)39(35,36)32(15-19-7-8-20(29)13-25(19)30)16-22-10-9-21(38-22)14-24-26(28(34)37-4)18(2)31(3)27(24)33/h5-14H,15-16H2,1-4H3/b24-14+. The normalized spacial score (nSPS) is 15.1. The smallest absolute Gasteiger partial charge is 0.340 e. The van der Waals surface area contributed by atoms with Gasteiger partial charge in [0.25, 0.3) is 5.91 Å². The number of allylic oxidation sites excluding steroid dienone is 1. The first-order valence-corrected chi connectivity index (χ1v) is 14.0. The molecule has 0 saturated carbocycles. The summed E-state index contributed by atoms with van der Waals surface area (Å²) in [6, 6.07) is 14.6. The van der Waals surface area contributed by atoms with Crippen molar-refractivity contribution >= 4 is 51.2 Å². The number of benzene rings is 2. The van der Waals surface area contributed by atoms with Crippen molar-refractivity contribution in [1.82, 2.24) is 9.21 Å². The zero-order valence-electron chi connectivity index (χ0n) is 21.7. The van der Waals surface area contributed by atoms with Gasteiger partial charge in [0.2, 0.25) is 10.0 Å². The minimum atomic E-state index is -3.96. The Morgan fingerprint density at radius 1 is 1.05 bits per heavy atom. The first-order chi connectivity index (χ1) is 18.4. The van der Waals surface area contributed by atoms with Crippen LogP contribution in [0.5, 0.6) is 0 Å². The highest BCUT2D eigenvalue weighted by Crippen LogP contribution is 2.31. The van der Waals surface area contributed by atoms with Crippen LogP contribution < -0.4 is 0 Å². The van der Waals surface area contributed by atoms with Gasteiger partial charge >= 0.3 is 5.97 Å². The summed E-state index contributed by atoms with van der Waals surface area (Å²) in [5.74, 6) is -0.429. The van der Waals surface area contributed by atoms with Gasteiger partial charge in [-0.2, -0.15) is 4.31 Å². The van der Waals surface area contributed by atoms with Gasteiger partial charge in [-0.3, -0.25) is 4.79 Å². The molecule has 4 rings (SSSR count). The van der Waals surface area contributed by atoms with E-state index in [0.29, 0.717) is 27.1 Å². The third-order valence-corrected chi connectivity index (χ3v) is 8.77. The number of rotatable bonds is 8. The Bertz CT molecular complexity index is 1610. The van der Waals surface area contributed by atoms with Crippen LogP contribution in [-0.4, -0.2) is 43.7 Å². The Balaban J connectivity index is 1.69. The van der Waals surface area contributed by atoms with Crippen LogP contribution in [0.1, 0.15) is 29.6 Å². The van der Waals surface area contributed by atoms with Crippen LogP contribution in [0.15, 0.2) is 80.8 Å². The van der Waals surface area contributed by atoms with Gasteiger partial charge in [-0.05, 0) is 61.9 Å². The second-order valence-corrected chi connectivity index (χ2v) is 11.8. The Kier molecular flexibility index (Phi) is 8.37. The third-order valence-electron chi connectivity index (χ3n) is 6.38. The van der Waals surface area contributed by atoms with Crippen molar-refractivity contribution < 1.29 is 27.2 Å². The molecule has 11 heteroatoms. The fourth-order valence-corrected chi connectivity index (χ4v) is 5.95. The molecule has 8 nitrogen and oxygen atoms in total. The van der Waals surface area contributed by atoms with Gasteiger partial charge in [-0.1, -0.05) is 47.0 Å². The van der Waals surface area contributed by atoms with Crippen LogP contribution in [0.25, 0.3) is 6.08 Å². The third kappa shape index (κ3) is 5.96. The van der Waals surface area contributed by atoms with Crippen molar-refractivity contribution in [3.63, 3.8) is 0 Å². The zero-order chi connectivity index (χ0) is 28.5. The Labute approximate surface area is 237 Å². The van der Waals surface area contributed by atoms with Crippen LogP contribution in [0, 0.1) is 6.92 Å². The summed E-state index contributed by atoms with van der Waals surface area (Å²) in [7, 11) is -1.16. The molecule has 2 heterocycles. The monoisotopic (exact) mass is 588 g/mol. The van der Waals surface area contributed by atoms with E-state index in [1.807, 2.05) is 6.92 Å². The Morgan fingerprint density at radius 3 is 2.38 bits per heavy atom. The number of likely N-dealkylation sites (N-methyl/N-ethyl adjacent to an activating group) is 1. The molecular formula is C28H26Cl2N2O6S. The molecule has 2 aromatic carbocycles. The van der Waals surface area contributed by atoms with Crippen molar-refractivity contribution in [2.45, 2.75) is 31.8 Å². The Morgan fingerprint density at radius 2 is 1.74 bits per heavy atom. The number of hydrogen-bond acceptors (Lipinski definition) is 6. The fourth-order valence-electron chi connectivity index (χ4n) is 4.09. The summed E-state index contributed by atoms with van der Waals surface area (Å²) in [6.45, 7) is 3.36. The van der Waals surface area contributed by atoms with Crippen molar-refractivity contribution in [3.05, 3.63) is 104 Å². The van der Waals surface area contributed by atoms with Crippen molar-refractivity contribution in [1.29, 1.82) is 0 Å². The van der Waals surface area contributed by atoms with E-state index in [4.69, 9.17) is 32.4 Å². The molecule has 0 atom stereocenters. The first-order valence-electron chi connectivity index (χ1n) is 11.8. The average Bonchev–Trinajstić information content (AvgIpc) is 3.42. The van der Waals surface area contributed by atoms with Crippen LogP contribution >= 0.6 is 23.2 Å². The Hall–Kier alpha value is -3.37. The van der Waals surface area contributed by atoms with Crippen LogP contribution in [0.3, 0.4) is 0 Å². The average molecular weight is 589 g/mol. The van der Waals surface area contributed by atoms with Gasteiger partial charge in [-0.15, -0.1) is 0 Å². The lowest BCUT2D eigenvalue weighted by molar-refractivity contribution is -0.136. The SMILES string of the molecule is COC(=O)C1=C(C)N(C)C(=O)/C1=C/c1ccc(CN(Cc2ccc(Cl)cc2Cl)S(=O)(=O)c2ccc(C)cc2)o1. The summed E-state index contributed by atoms with van der Waals surface area (Å²) in [5.41, 5.74) is 2.21.